The number of rotatable bonds is 5. The molecule has 88 valence electrons. The van der Waals surface area contributed by atoms with Crippen molar-refractivity contribution in [3.8, 4) is 11.8 Å². The van der Waals surface area contributed by atoms with Crippen molar-refractivity contribution in [2.45, 2.75) is 19.3 Å². The van der Waals surface area contributed by atoms with Gasteiger partial charge in [-0.15, -0.1) is 0 Å². The molecule has 17 heavy (non-hydrogen) atoms. The Bertz CT molecular complexity index is 475. The van der Waals surface area contributed by atoms with Gasteiger partial charge in [-0.25, -0.2) is 4.39 Å². The standard InChI is InChI=1S/C13H12FNO2/c14-11-7-10(12(16)5-6-15)3-4-13(11)17-8-9-1-2-9/h3-4,7,9H,1-2,5,8H2. The molecule has 0 radical (unpaired) electrons. The number of carbonyl (C=O) groups is 1. The van der Waals surface area contributed by atoms with Crippen molar-refractivity contribution in [3.63, 3.8) is 0 Å². The Balaban J connectivity index is 2.05. The average molecular weight is 233 g/mol. The van der Waals surface area contributed by atoms with Gasteiger partial charge in [-0.3, -0.25) is 4.79 Å². The molecule has 1 aliphatic carbocycles. The van der Waals surface area contributed by atoms with Crippen LogP contribution in [-0.4, -0.2) is 12.4 Å². The Morgan fingerprint density at radius 1 is 1.53 bits per heavy atom. The molecule has 0 saturated heterocycles. The summed E-state index contributed by atoms with van der Waals surface area (Å²) >= 11 is 0. The van der Waals surface area contributed by atoms with E-state index >= 15 is 0 Å². The summed E-state index contributed by atoms with van der Waals surface area (Å²) < 4.78 is 18.9. The Hall–Kier alpha value is -1.89. The topological polar surface area (TPSA) is 50.1 Å². The number of nitriles is 1. The highest BCUT2D eigenvalue weighted by atomic mass is 19.1. The fraction of sp³-hybridized carbons (Fsp3) is 0.385. The second kappa shape index (κ2) is 4.96. The summed E-state index contributed by atoms with van der Waals surface area (Å²) in [6.07, 6.45) is 2.04. The normalized spacial score (nSPS) is 14.1. The Kier molecular flexibility index (Phi) is 3.38. The molecule has 0 spiro atoms. The van der Waals surface area contributed by atoms with Crippen molar-refractivity contribution in [1.29, 1.82) is 5.26 Å². The number of ketones is 1. The minimum absolute atomic E-state index is 0.172. The van der Waals surface area contributed by atoms with Crippen LogP contribution >= 0.6 is 0 Å². The van der Waals surface area contributed by atoms with E-state index in [0.717, 1.165) is 18.9 Å². The molecule has 4 heteroatoms. The first kappa shape index (κ1) is 11.6. The van der Waals surface area contributed by atoms with Gasteiger partial charge < -0.3 is 4.74 Å². The van der Waals surface area contributed by atoms with Gasteiger partial charge in [0.15, 0.2) is 17.3 Å². The van der Waals surface area contributed by atoms with E-state index in [1.54, 1.807) is 6.07 Å². The van der Waals surface area contributed by atoms with Crippen molar-refractivity contribution in [3.05, 3.63) is 29.6 Å². The minimum atomic E-state index is -0.547. The van der Waals surface area contributed by atoms with E-state index in [0.29, 0.717) is 12.5 Å². The van der Waals surface area contributed by atoms with Crippen LogP contribution in [0, 0.1) is 23.1 Å². The first-order valence-electron chi connectivity index (χ1n) is 5.53. The molecule has 1 fully saturated rings. The van der Waals surface area contributed by atoms with Crippen molar-refractivity contribution < 1.29 is 13.9 Å². The molecule has 2 rings (SSSR count). The maximum absolute atomic E-state index is 13.6. The number of carbonyl (C=O) groups excluding carboxylic acids is 1. The van der Waals surface area contributed by atoms with Crippen LogP contribution in [0.2, 0.25) is 0 Å². The van der Waals surface area contributed by atoms with Gasteiger partial charge in [0, 0.05) is 5.56 Å². The van der Waals surface area contributed by atoms with E-state index in [9.17, 15) is 9.18 Å². The van der Waals surface area contributed by atoms with Crippen molar-refractivity contribution >= 4 is 5.78 Å². The SMILES string of the molecule is N#CCC(=O)c1ccc(OCC2CC2)c(F)c1. The monoisotopic (exact) mass is 233 g/mol. The molecule has 0 aliphatic heterocycles. The molecule has 1 saturated carbocycles. The Morgan fingerprint density at radius 2 is 2.29 bits per heavy atom. The molecule has 1 aromatic carbocycles. The highest BCUT2D eigenvalue weighted by Crippen LogP contribution is 2.30. The third-order valence-electron chi connectivity index (χ3n) is 2.66. The predicted molar refractivity (Wildman–Crippen MR) is 59.2 cm³/mol. The van der Waals surface area contributed by atoms with Crippen LogP contribution < -0.4 is 4.74 Å². The molecule has 0 atom stereocenters. The molecular formula is C13H12FNO2. The van der Waals surface area contributed by atoms with E-state index in [1.165, 1.54) is 12.1 Å². The smallest absolute Gasteiger partial charge is 0.177 e. The highest BCUT2D eigenvalue weighted by Gasteiger charge is 2.22. The summed E-state index contributed by atoms with van der Waals surface area (Å²) in [7, 11) is 0. The van der Waals surface area contributed by atoms with Gasteiger partial charge in [0.25, 0.3) is 0 Å². The van der Waals surface area contributed by atoms with Gasteiger partial charge in [0.05, 0.1) is 19.1 Å². The summed E-state index contributed by atoms with van der Waals surface area (Å²) in [5.74, 6) is -0.200. The fourth-order valence-electron chi connectivity index (χ4n) is 1.46. The van der Waals surface area contributed by atoms with Gasteiger partial charge in [-0.05, 0) is 37.0 Å². The summed E-state index contributed by atoms with van der Waals surface area (Å²) in [6.45, 7) is 0.530. The number of ether oxygens (including phenoxy) is 1. The number of nitrogens with zero attached hydrogens (tertiary/aromatic N) is 1. The van der Waals surface area contributed by atoms with E-state index in [2.05, 4.69) is 0 Å². The number of hydrogen-bond acceptors (Lipinski definition) is 3. The lowest BCUT2D eigenvalue weighted by molar-refractivity contribution is 0.0997. The first-order valence-corrected chi connectivity index (χ1v) is 5.53. The zero-order chi connectivity index (χ0) is 12.3. The van der Waals surface area contributed by atoms with Gasteiger partial charge >= 0.3 is 0 Å². The molecular weight excluding hydrogens is 221 g/mol. The van der Waals surface area contributed by atoms with E-state index in [1.807, 2.05) is 0 Å². The van der Waals surface area contributed by atoms with Crippen LogP contribution in [0.4, 0.5) is 4.39 Å². The van der Waals surface area contributed by atoms with Gasteiger partial charge in [-0.2, -0.15) is 5.26 Å². The average Bonchev–Trinajstić information content (AvgIpc) is 3.11. The Labute approximate surface area is 98.8 Å². The van der Waals surface area contributed by atoms with Gasteiger partial charge in [-0.1, -0.05) is 0 Å². The third-order valence-corrected chi connectivity index (χ3v) is 2.66. The number of halogens is 1. The van der Waals surface area contributed by atoms with Crippen LogP contribution in [0.25, 0.3) is 0 Å². The molecule has 0 unspecified atom stereocenters. The minimum Gasteiger partial charge on any atom is -0.490 e. The highest BCUT2D eigenvalue weighted by molar-refractivity contribution is 5.97. The molecule has 0 heterocycles. The molecule has 3 nitrogen and oxygen atoms in total. The summed E-state index contributed by atoms with van der Waals surface area (Å²) in [5, 5.41) is 8.38. The predicted octanol–water partition coefficient (Wildman–Crippen LogP) is 2.71. The quantitative estimate of drug-likeness (QED) is 0.735. The molecule has 0 aromatic heterocycles. The zero-order valence-corrected chi connectivity index (χ0v) is 9.28. The Morgan fingerprint density at radius 3 is 2.88 bits per heavy atom. The molecule has 1 aromatic rings. The summed E-state index contributed by atoms with van der Waals surface area (Å²) in [6, 6.07) is 5.81. The van der Waals surface area contributed by atoms with Gasteiger partial charge in [0.1, 0.15) is 0 Å². The lowest BCUT2D eigenvalue weighted by Gasteiger charge is -2.07. The van der Waals surface area contributed by atoms with Crippen LogP contribution in [0.3, 0.4) is 0 Å². The molecule has 0 N–H and O–H groups in total. The van der Waals surface area contributed by atoms with Crippen LogP contribution in [-0.2, 0) is 0 Å². The van der Waals surface area contributed by atoms with Crippen molar-refractivity contribution in [1.82, 2.24) is 0 Å². The number of benzene rings is 1. The van der Waals surface area contributed by atoms with Crippen LogP contribution in [0.15, 0.2) is 18.2 Å². The van der Waals surface area contributed by atoms with Crippen LogP contribution in [0.5, 0.6) is 5.75 Å². The largest absolute Gasteiger partial charge is 0.490 e. The number of Topliss-reactive ketones (excluding diaryl/α,β-unsaturated/α-hetero) is 1. The van der Waals surface area contributed by atoms with Crippen molar-refractivity contribution in [2.75, 3.05) is 6.61 Å². The lowest BCUT2D eigenvalue weighted by atomic mass is 10.1. The first-order chi connectivity index (χ1) is 8.20. The maximum atomic E-state index is 13.6. The van der Waals surface area contributed by atoms with E-state index < -0.39 is 5.82 Å². The maximum Gasteiger partial charge on any atom is 0.177 e. The second-order valence-corrected chi connectivity index (χ2v) is 4.16. The molecule has 1 aliphatic rings. The zero-order valence-electron chi connectivity index (χ0n) is 9.28. The second-order valence-electron chi connectivity index (χ2n) is 4.16. The summed E-state index contributed by atoms with van der Waals surface area (Å²) in [4.78, 5) is 11.4. The van der Waals surface area contributed by atoms with Crippen molar-refractivity contribution in [2.24, 2.45) is 5.92 Å². The third kappa shape index (κ3) is 3.04. The van der Waals surface area contributed by atoms with Gasteiger partial charge in [0.2, 0.25) is 0 Å². The van der Waals surface area contributed by atoms with Crippen LogP contribution in [0.1, 0.15) is 29.6 Å². The molecule has 0 bridgehead atoms. The van der Waals surface area contributed by atoms with E-state index in [-0.39, 0.29) is 23.5 Å². The number of hydrogen-bond donors (Lipinski definition) is 0. The van der Waals surface area contributed by atoms with E-state index in [4.69, 9.17) is 10.00 Å². The lowest BCUT2D eigenvalue weighted by Crippen LogP contribution is -2.03. The molecule has 0 amide bonds. The summed E-state index contributed by atoms with van der Waals surface area (Å²) in [5.41, 5.74) is 0.211. The fourth-order valence-corrected chi connectivity index (χ4v) is 1.46.